The molecule has 5 unspecified atom stereocenters. The summed E-state index contributed by atoms with van der Waals surface area (Å²) in [5, 5.41) is 14.8. The molecule has 4 aromatic rings. The van der Waals surface area contributed by atoms with Crippen molar-refractivity contribution in [3.8, 4) is 11.1 Å². The molecule has 4 aromatic carbocycles. The van der Waals surface area contributed by atoms with E-state index in [1.165, 1.54) is 74.3 Å². The predicted octanol–water partition coefficient (Wildman–Crippen LogP) is 12.6. The second-order valence-electron chi connectivity index (χ2n) is 37.9. The lowest BCUT2D eigenvalue weighted by Crippen LogP contribution is -2.61. The van der Waals surface area contributed by atoms with E-state index in [9.17, 15) is 14.7 Å². The standard InChI is InChI=1S/C75H112N8O11.C20H32BNO2/c1-19-50(11)58-45-62(84)60-30-25-35-83(60)72(90)61(43-53-28-24-29-55(41-53)54-31-33-57(34-32-54)82-38-36-81(37-39-82)49(9)10)77(15)71(89)59(42-52-26-22-21-23-27-52)76-68(86)65(48(7)8)79(17)73(91)66(51(12)20-2)94-74(92)67(75(13,14)93)80(18)69(87)56(40-46(3)4)44-63(85)64(47(5)6)78(16)70(58)88;1-15(2)16-11-13-22(14-12-16)18-9-7-17(8-10-18)21-23-19(3,4)20(5,6)24-21/h21-24,26-29,31-34,41,46-51,56,58-61,64-67,93H,19-20,25,30,35-40,42-45H2,1-18H3,(H,76,86);7-10,15-16H,11-14H2,1-6H3/t50?,51?,56-,58+,59?,60?,61?,64+,65+,66-,67-;/m1./s1. The fourth-order valence-electron chi connectivity index (χ4n) is 18.0. The average Bonchev–Trinajstić information content (AvgIpc) is 1.65. The number of hydrogen-bond acceptors (Lipinski definition) is 16. The summed E-state index contributed by atoms with van der Waals surface area (Å²) in [6.07, 6.45) is 2.39. The summed E-state index contributed by atoms with van der Waals surface area (Å²) in [4.78, 5) is 151. The van der Waals surface area contributed by atoms with Crippen molar-refractivity contribution >= 4 is 76.9 Å². The van der Waals surface area contributed by atoms with Gasteiger partial charge in [0.25, 0.3) is 5.91 Å². The molecule has 5 aliphatic heterocycles. The number of ketones is 2. The summed E-state index contributed by atoms with van der Waals surface area (Å²) in [7, 11) is 5.62. The molecule has 5 aliphatic rings. The third kappa shape index (κ3) is 23.6. The van der Waals surface area contributed by atoms with Crippen LogP contribution in [0.15, 0.2) is 103 Å². The van der Waals surface area contributed by atoms with Crippen LogP contribution in [0.4, 0.5) is 11.4 Å². The number of esters is 1. The van der Waals surface area contributed by atoms with Crippen LogP contribution in [-0.4, -0.2) is 234 Å². The van der Waals surface area contributed by atoms with E-state index < -0.39 is 125 Å². The molecule has 0 radical (unpaired) electrons. The minimum Gasteiger partial charge on any atom is -0.450 e. The van der Waals surface area contributed by atoms with Gasteiger partial charge in [-0.1, -0.05) is 168 Å². The molecule has 11 atom stereocenters. The molecule has 2 N–H and O–H groups in total. The molecule has 0 bridgehead atoms. The van der Waals surface area contributed by atoms with Gasteiger partial charge in [0.1, 0.15) is 18.1 Å². The number of carbonyl (C=O) groups is 9. The Labute approximate surface area is 707 Å². The van der Waals surface area contributed by atoms with Crippen LogP contribution in [0.5, 0.6) is 0 Å². The van der Waals surface area contributed by atoms with Crippen LogP contribution in [0.25, 0.3) is 11.1 Å². The number of piperidine rings is 1. The summed E-state index contributed by atoms with van der Waals surface area (Å²) in [5.74, 6) is -7.75. The molecule has 0 spiro atoms. The van der Waals surface area contributed by atoms with Crippen LogP contribution in [0.1, 0.15) is 207 Å². The van der Waals surface area contributed by atoms with Gasteiger partial charge in [-0.25, -0.2) is 4.79 Å². The maximum absolute atomic E-state index is 15.9. The third-order valence-corrected chi connectivity index (χ3v) is 26.4. The van der Waals surface area contributed by atoms with Gasteiger partial charge in [0.2, 0.25) is 29.5 Å². The van der Waals surface area contributed by atoms with E-state index in [0.29, 0.717) is 37.3 Å². The van der Waals surface area contributed by atoms with Gasteiger partial charge in [0.15, 0.2) is 23.7 Å². The zero-order chi connectivity index (χ0) is 87.3. The molecule has 5 heterocycles. The van der Waals surface area contributed by atoms with Gasteiger partial charge in [-0.05, 0) is 181 Å². The number of ether oxygens (including phenoxy) is 1. The van der Waals surface area contributed by atoms with Crippen LogP contribution in [0.2, 0.25) is 0 Å². The SMILES string of the molecule is CC(C)C1CCN(c2ccc(B3OC(C)(C)C(C)(C)O3)cc2)CC1.CCC(C)[C@@H]1CC(=O)C2CCCN2C(=O)C(Cc2cccc(-c3ccc(N4CCN(C(C)C)CC4)cc3)c2)N(C)C(=O)C(Cc2ccccc2)NC(=O)[C@H](C(C)C)N(C)C(=O)[C@@H](C(C)CC)OC(=O)[C@H](C(C)(C)O)N(C)C(=O)[C@H](CC(C)C)CC(=O)[C@H](C(C)C)N(C)C1=O. The smallest absolute Gasteiger partial charge is 0.450 e. The lowest BCUT2D eigenvalue weighted by Gasteiger charge is -2.39. The highest BCUT2D eigenvalue weighted by molar-refractivity contribution is 6.62. The average molecular weight is 1630 g/mol. The quantitative estimate of drug-likeness (QED) is 0.0655. The Kier molecular flexibility index (Phi) is 33.6. The summed E-state index contributed by atoms with van der Waals surface area (Å²) >= 11 is 0. The number of fused-ring (bicyclic) bond motifs is 1. The van der Waals surface area contributed by atoms with Gasteiger partial charge in [0, 0.05) is 135 Å². The van der Waals surface area contributed by atoms with Crippen molar-refractivity contribution in [1.29, 1.82) is 0 Å². The highest BCUT2D eigenvalue weighted by atomic mass is 16.7. The topological polar surface area (TPSA) is 239 Å². The number of piperazine rings is 1. The molecule has 0 aliphatic carbocycles. The second-order valence-corrected chi connectivity index (χ2v) is 37.9. The largest absolute Gasteiger partial charge is 0.494 e. The van der Waals surface area contributed by atoms with Crippen molar-refractivity contribution in [3.63, 3.8) is 0 Å². The Morgan fingerprint density at radius 2 is 1.08 bits per heavy atom. The first-order valence-electron chi connectivity index (χ1n) is 44.0. The molecule has 22 nitrogen and oxygen atoms in total. The zero-order valence-electron chi connectivity index (χ0n) is 75.9. The molecular formula is C95H144BN9O13. The minimum atomic E-state index is -1.95. The number of likely N-dealkylation sites (N-methyl/N-ethyl adjacent to an activating group) is 4. The van der Waals surface area contributed by atoms with E-state index in [4.69, 9.17) is 14.0 Å². The lowest BCUT2D eigenvalue weighted by atomic mass is 9.79. The van der Waals surface area contributed by atoms with Crippen molar-refractivity contribution in [1.82, 2.24) is 34.7 Å². The summed E-state index contributed by atoms with van der Waals surface area (Å²) < 4.78 is 18.5. The molecule has 0 saturated carbocycles. The van der Waals surface area contributed by atoms with E-state index in [-0.39, 0.29) is 74.6 Å². The normalized spacial score (nSPS) is 25.3. The molecule has 5 saturated heterocycles. The van der Waals surface area contributed by atoms with Crippen molar-refractivity contribution in [3.05, 3.63) is 114 Å². The van der Waals surface area contributed by atoms with Gasteiger partial charge in [-0.3, -0.25) is 43.3 Å². The number of benzene rings is 4. The lowest BCUT2D eigenvalue weighted by molar-refractivity contribution is -0.178. The number of amides is 6. The van der Waals surface area contributed by atoms with Crippen molar-refractivity contribution in [2.45, 2.75) is 274 Å². The van der Waals surface area contributed by atoms with Crippen LogP contribution < -0.4 is 20.6 Å². The van der Waals surface area contributed by atoms with E-state index in [2.05, 4.69) is 124 Å². The Morgan fingerprint density at radius 1 is 0.534 bits per heavy atom. The van der Waals surface area contributed by atoms with E-state index >= 15 is 33.6 Å². The number of carbonyl (C=O) groups excluding carboxylic acids is 9. The van der Waals surface area contributed by atoms with Gasteiger partial charge in [-0.15, -0.1) is 0 Å². The number of rotatable bonds is 19. The number of nitrogens with zero attached hydrogens (tertiary/aromatic N) is 8. The Hall–Kier alpha value is -7.99. The number of hydrogen-bond donors (Lipinski definition) is 2. The van der Waals surface area contributed by atoms with Gasteiger partial charge < -0.3 is 58.8 Å². The molecule has 23 heteroatoms. The summed E-state index contributed by atoms with van der Waals surface area (Å²) in [6, 6.07) is 27.2. The molecule has 118 heavy (non-hydrogen) atoms. The molecule has 9 rings (SSSR count). The first-order chi connectivity index (χ1) is 55.4. The minimum absolute atomic E-state index is 0.0126. The number of Topliss-reactive ketones (excluding diaryl/α,β-unsaturated/α-hetero) is 2. The molecule has 0 aromatic heterocycles. The Balaban J connectivity index is 0.000000611. The van der Waals surface area contributed by atoms with Crippen LogP contribution in [0, 0.1) is 53.3 Å². The van der Waals surface area contributed by atoms with Crippen molar-refractivity contribution in [2.24, 2.45) is 53.3 Å². The summed E-state index contributed by atoms with van der Waals surface area (Å²) in [6.45, 7) is 44.9. The maximum atomic E-state index is 15.9. The van der Waals surface area contributed by atoms with Gasteiger partial charge in [0.05, 0.1) is 28.9 Å². The van der Waals surface area contributed by atoms with E-state index in [1.807, 2.05) is 103 Å². The number of cyclic esters (lactones) is 1. The molecule has 650 valence electrons. The Bertz CT molecular complexity index is 4000. The highest BCUT2D eigenvalue weighted by Crippen LogP contribution is 2.39. The molecular weight excluding hydrogens is 1490 g/mol. The third-order valence-electron chi connectivity index (χ3n) is 26.4. The number of nitrogens with one attached hydrogen (secondary N) is 1. The van der Waals surface area contributed by atoms with Crippen LogP contribution in [0.3, 0.4) is 0 Å². The monoisotopic (exact) mass is 1630 g/mol. The van der Waals surface area contributed by atoms with Crippen LogP contribution >= 0.6 is 0 Å². The first kappa shape index (κ1) is 95.5. The maximum Gasteiger partial charge on any atom is 0.494 e. The predicted molar refractivity (Wildman–Crippen MR) is 470 cm³/mol. The first-order valence-corrected chi connectivity index (χ1v) is 44.0. The fourth-order valence-corrected chi connectivity index (χ4v) is 18.0. The van der Waals surface area contributed by atoms with Gasteiger partial charge >= 0.3 is 13.1 Å². The van der Waals surface area contributed by atoms with Gasteiger partial charge in [-0.2, -0.15) is 0 Å². The van der Waals surface area contributed by atoms with Crippen LogP contribution in [-0.2, 0) is 70.0 Å². The summed E-state index contributed by atoms with van der Waals surface area (Å²) in [5.41, 5.74) is 4.33. The van der Waals surface area contributed by atoms with Crippen molar-refractivity contribution < 1.29 is 62.3 Å². The highest BCUT2D eigenvalue weighted by Gasteiger charge is 2.53. The Morgan fingerprint density at radius 3 is 1.62 bits per heavy atom. The number of aliphatic hydroxyl groups is 1. The van der Waals surface area contributed by atoms with E-state index in [0.717, 1.165) is 70.8 Å². The molecule has 5 fully saturated rings. The fraction of sp³-hybridized carbons (Fsp3) is 0.653. The zero-order valence-corrected chi connectivity index (χ0v) is 75.9. The number of anilines is 2. The van der Waals surface area contributed by atoms with Crippen molar-refractivity contribution in [2.75, 3.05) is 83.8 Å². The van der Waals surface area contributed by atoms with E-state index in [1.54, 1.807) is 39.8 Å². The molecule has 6 amide bonds. The second kappa shape index (κ2) is 41.5.